The van der Waals surface area contributed by atoms with Gasteiger partial charge in [-0.25, -0.2) is 0 Å². The fourth-order valence-corrected chi connectivity index (χ4v) is 2.76. The number of hydrogen-bond acceptors (Lipinski definition) is 3. The Balaban J connectivity index is 1.94. The predicted octanol–water partition coefficient (Wildman–Crippen LogP) is 4.05. The molecule has 2 aromatic rings. The van der Waals surface area contributed by atoms with Crippen LogP contribution in [0.15, 0.2) is 30.3 Å². The summed E-state index contributed by atoms with van der Waals surface area (Å²) in [6, 6.07) is 10.7. The molecular weight excluding hydrogens is 254 g/mol. The topological polar surface area (TPSA) is 21.3 Å². The average molecular weight is 275 g/mol. The van der Waals surface area contributed by atoms with Gasteiger partial charge in [0, 0.05) is 16.3 Å². The van der Waals surface area contributed by atoms with E-state index in [2.05, 4.69) is 56.4 Å². The molecule has 0 spiro atoms. The highest BCUT2D eigenvalue weighted by Gasteiger charge is 2.03. The molecule has 3 heteroatoms. The van der Waals surface area contributed by atoms with Gasteiger partial charge in [-0.3, -0.25) is 0 Å². The Morgan fingerprint density at radius 2 is 1.89 bits per heavy atom. The van der Waals surface area contributed by atoms with Gasteiger partial charge in [0.25, 0.3) is 0 Å². The van der Waals surface area contributed by atoms with E-state index in [0.717, 1.165) is 18.8 Å². The molecule has 0 radical (unpaired) electrons. The van der Waals surface area contributed by atoms with Crippen LogP contribution in [0.5, 0.6) is 5.75 Å². The highest BCUT2D eigenvalue weighted by atomic mass is 32.1. The van der Waals surface area contributed by atoms with Gasteiger partial charge < -0.3 is 10.1 Å². The fraction of sp³-hybridized carbons (Fsp3) is 0.375. The van der Waals surface area contributed by atoms with Crippen molar-refractivity contribution in [3.8, 4) is 5.75 Å². The molecule has 1 N–H and O–H groups in total. The van der Waals surface area contributed by atoms with Crippen molar-refractivity contribution in [2.75, 3.05) is 6.54 Å². The Labute approximate surface area is 119 Å². The number of benzene rings is 1. The number of thiophene rings is 1. The summed E-state index contributed by atoms with van der Waals surface area (Å²) < 4.78 is 5.91. The summed E-state index contributed by atoms with van der Waals surface area (Å²) in [6.45, 7) is 8.90. The van der Waals surface area contributed by atoms with Crippen LogP contribution in [0.3, 0.4) is 0 Å². The lowest BCUT2D eigenvalue weighted by Crippen LogP contribution is -2.10. The van der Waals surface area contributed by atoms with E-state index in [-0.39, 0.29) is 0 Å². The van der Waals surface area contributed by atoms with Crippen LogP contribution in [-0.4, -0.2) is 6.54 Å². The number of rotatable bonds is 6. The van der Waals surface area contributed by atoms with Crippen molar-refractivity contribution >= 4 is 11.3 Å². The second kappa shape index (κ2) is 6.73. The Hall–Kier alpha value is -1.32. The number of nitrogens with one attached hydrogen (secondary N) is 1. The summed E-state index contributed by atoms with van der Waals surface area (Å²) in [5, 5.41) is 3.34. The van der Waals surface area contributed by atoms with Crippen LogP contribution < -0.4 is 10.1 Å². The summed E-state index contributed by atoms with van der Waals surface area (Å²) in [7, 11) is 0. The van der Waals surface area contributed by atoms with Crippen LogP contribution in [0.2, 0.25) is 0 Å². The molecule has 0 saturated carbocycles. The van der Waals surface area contributed by atoms with Crippen molar-refractivity contribution in [1.82, 2.24) is 5.32 Å². The van der Waals surface area contributed by atoms with E-state index in [1.54, 1.807) is 0 Å². The summed E-state index contributed by atoms with van der Waals surface area (Å²) in [5.41, 5.74) is 2.43. The Kier molecular flexibility index (Phi) is 5.00. The molecule has 0 bridgehead atoms. The largest absolute Gasteiger partial charge is 0.488 e. The van der Waals surface area contributed by atoms with E-state index in [1.165, 1.54) is 20.9 Å². The van der Waals surface area contributed by atoms with E-state index in [9.17, 15) is 0 Å². The first-order valence-electron chi connectivity index (χ1n) is 6.67. The van der Waals surface area contributed by atoms with Crippen molar-refractivity contribution < 1.29 is 4.74 Å². The summed E-state index contributed by atoms with van der Waals surface area (Å²) >= 11 is 1.81. The van der Waals surface area contributed by atoms with Crippen LogP contribution >= 0.6 is 11.3 Å². The quantitative estimate of drug-likeness (QED) is 0.858. The molecular formula is C16H21NOS. The van der Waals surface area contributed by atoms with Crippen molar-refractivity contribution in [3.63, 3.8) is 0 Å². The molecule has 0 atom stereocenters. The van der Waals surface area contributed by atoms with Crippen LogP contribution in [0, 0.1) is 13.8 Å². The van der Waals surface area contributed by atoms with E-state index < -0.39 is 0 Å². The Bertz CT molecular complexity index is 533. The first kappa shape index (κ1) is 14.1. The summed E-state index contributed by atoms with van der Waals surface area (Å²) in [5.74, 6) is 0.988. The highest BCUT2D eigenvalue weighted by Crippen LogP contribution is 2.23. The van der Waals surface area contributed by atoms with Crippen LogP contribution in [0.1, 0.15) is 27.8 Å². The lowest BCUT2D eigenvalue weighted by atomic mass is 10.1. The third-order valence-electron chi connectivity index (χ3n) is 2.98. The fourth-order valence-electron chi connectivity index (χ4n) is 1.85. The SMILES string of the molecule is CCNCc1ccc(COc2cc(C)ccc2C)s1. The van der Waals surface area contributed by atoms with Gasteiger partial charge >= 0.3 is 0 Å². The van der Waals surface area contributed by atoms with Crippen LogP contribution in [-0.2, 0) is 13.2 Å². The zero-order valence-corrected chi connectivity index (χ0v) is 12.6. The van der Waals surface area contributed by atoms with E-state index >= 15 is 0 Å². The van der Waals surface area contributed by atoms with Gasteiger partial charge in [0.05, 0.1) is 0 Å². The molecule has 102 valence electrons. The molecule has 0 aliphatic heterocycles. The highest BCUT2D eigenvalue weighted by molar-refractivity contribution is 7.11. The van der Waals surface area contributed by atoms with Gasteiger partial charge in [0.15, 0.2) is 0 Å². The minimum absolute atomic E-state index is 0.654. The molecule has 1 aromatic heterocycles. The van der Waals surface area contributed by atoms with Crippen molar-refractivity contribution in [2.45, 2.75) is 33.9 Å². The molecule has 2 rings (SSSR count). The third kappa shape index (κ3) is 4.08. The van der Waals surface area contributed by atoms with E-state index in [0.29, 0.717) is 6.61 Å². The van der Waals surface area contributed by atoms with E-state index in [4.69, 9.17) is 4.74 Å². The molecule has 1 heterocycles. The van der Waals surface area contributed by atoms with E-state index in [1.807, 2.05) is 11.3 Å². The third-order valence-corrected chi connectivity index (χ3v) is 4.04. The van der Waals surface area contributed by atoms with Crippen LogP contribution in [0.4, 0.5) is 0 Å². The monoisotopic (exact) mass is 275 g/mol. The lowest BCUT2D eigenvalue weighted by molar-refractivity contribution is 0.307. The van der Waals surface area contributed by atoms with Crippen LogP contribution in [0.25, 0.3) is 0 Å². The van der Waals surface area contributed by atoms with Gasteiger partial charge in [0.2, 0.25) is 0 Å². The number of hydrogen-bond donors (Lipinski definition) is 1. The maximum absolute atomic E-state index is 5.91. The normalized spacial score (nSPS) is 10.7. The molecule has 19 heavy (non-hydrogen) atoms. The van der Waals surface area contributed by atoms with Crippen molar-refractivity contribution in [3.05, 3.63) is 51.2 Å². The summed E-state index contributed by atoms with van der Waals surface area (Å²) in [6.07, 6.45) is 0. The number of ether oxygens (including phenoxy) is 1. The minimum Gasteiger partial charge on any atom is -0.488 e. The molecule has 0 aliphatic rings. The smallest absolute Gasteiger partial charge is 0.123 e. The van der Waals surface area contributed by atoms with Crippen molar-refractivity contribution in [2.24, 2.45) is 0 Å². The van der Waals surface area contributed by atoms with Gasteiger partial charge in [-0.1, -0.05) is 19.1 Å². The maximum Gasteiger partial charge on any atom is 0.123 e. The minimum atomic E-state index is 0.654. The zero-order valence-electron chi connectivity index (χ0n) is 11.8. The molecule has 0 aliphatic carbocycles. The first-order chi connectivity index (χ1) is 9.19. The summed E-state index contributed by atoms with van der Waals surface area (Å²) in [4.78, 5) is 2.63. The molecule has 0 fully saturated rings. The maximum atomic E-state index is 5.91. The van der Waals surface area contributed by atoms with Gasteiger partial charge in [-0.05, 0) is 49.7 Å². The van der Waals surface area contributed by atoms with Gasteiger partial charge in [-0.2, -0.15) is 0 Å². The zero-order chi connectivity index (χ0) is 13.7. The second-order valence-corrected chi connectivity index (χ2v) is 5.96. The first-order valence-corrected chi connectivity index (χ1v) is 7.49. The predicted molar refractivity (Wildman–Crippen MR) is 81.9 cm³/mol. The van der Waals surface area contributed by atoms with Gasteiger partial charge in [0.1, 0.15) is 12.4 Å². The molecule has 1 aromatic carbocycles. The molecule has 0 unspecified atom stereocenters. The standard InChI is InChI=1S/C16H21NOS/c1-4-17-10-14-7-8-15(19-14)11-18-16-9-12(2)5-6-13(16)3/h5-9,17H,4,10-11H2,1-3H3. The number of aryl methyl sites for hydroxylation is 2. The van der Waals surface area contributed by atoms with Crippen molar-refractivity contribution in [1.29, 1.82) is 0 Å². The second-order valence-electron chi connectivity index (χ2n) is 4.71. The lowest BCUT2D eigenvalue weighted by Gasteiger charge is -2.08. The Morgan fingerprint density at radius 3 is 2.68 bits per heavy atom. The Morgan fingerprint density at radius 1 is 1.11 bits per heavy atom. The molecule has 2 nitrogen and oxygen atoms in total. The van der Waals surface area contributed by atoms with Gasteiger partial charge in [-0.15, -0.1) is 11.3 Å². The molecule has 0 saturated heterocycles. The molecule has 0 amide bonds. The average Bonchev–Trinajstić information content (AvgIpc) is 2.85.